The van der Waals surface area contributed by atoms with Crippen molar-refractivity contribution in [1.29, 1.82) is 0 Å². The first-order chi connectivity index (χ1) is 12.1. The summed E-state index contributed by atoms with van der Waals surface area (Å²) in [6.45, 7) is 2.10. The Kier molecular flexibility index (Phi) is 4.79. The van der Waals surface area contributed by atoms with Crippen LogP contribution in [0.3, 0.4) is 0 Å². The summed E-state index contributed by atoms with van der Waals surface area (Å²) in [5, 5.41) is 2.69. The van der Waals surface area contributed by atoms with Crippen LogP contribution in [0.1, 0.15) is 36.9 Å². The zero-order chi connectivity index (χ0) is 19.1. The molecule has 0 aromatic carbocycles. The van der Waals surface area contributed by atoms with Crippen molar-refractivity contribution in [3.8, 4) is 0 Å². The van der Waals surface area contributed by atoms with Crippen molar-refractivity contribution in [3.63, 3.8) is 0 Å². The Morgan fingerprint density at radius 2 is 2.04 bits per heavy atom. The minimum absolute atomic E-state index is 0.0524. The number of urea groups is 1. The second kappa shape index (κ2) is 6.63. The largest absolute Gasteiger partial charge is 0.392 e. The Bertz CT molecular complexity index is 753. The van der Waals surface area contributed by atoms with E-state index in [4.69, 9.17) is 0 Å². The molecule has 144 valence electrons. The summed E-state index contributed by atoms with van der Waals surface area (Å²) in [7, 11) is 1.66. The Labute approximate surface area is 150 Å². The Morgan fingerprint density at radius 1 is 1.35 bits per heavy atom. The van der Waals surface area contributed by atoms with Crippen LogP contribution in [0.15, 0.2) is 16.9 Å². The van der Waals surface area contributed by atoms with E-state index in [1.807, 2.05) is 6.92 Å². The molecule has 5 nitrogen and oxygen atoms in total. The van der Waals surface area contributed by atoms with Gasteiger partial charge < -0.3 is 14.8 Å². The van der Waals surface area contributed by atoms with E-state index in [1.54, 1.807) is 19.2 Å². The first kappa shape index (κ1) is 18.8. The topological polar surface area (TPSA) is 54.3 Å². The van der Waals surface area contributed by atoms with E-state index in [1.165, 1.54) is 9.47 Å². The molecule has 0 radical (unpaired) electrons. The van der Waals surface area contributed by atoms with E-state index in [-0.39, 0.29) is 31.6 Å². The van der Waals surface area contributed by atoms with Gasteiger partial charge in [-0.1, -0.05) is 12.5 Å². The molecule has 2 heterocycles. The summed E-state index contributed by atoms with van der Waals surface area (Å²) < 4.78 is 41.4. The van der Waals surface area contributed by atoms with Crippen LogP contribution >= 0.6 is 0 Å². The summed E-state index contributed by atoms with van der Waals surface area (Å²) in [6.07, 6.45) is -2.46. The highest BCUT2D eigenvalue weighted by Gasteiger charge is 2.58. The van der Waals surface area contributed by atoms with Crippen LogP contribution in [0.25, 0.3) is 0 Å². The van der Waals surface area contributed by atoms with Gasteiger partial charge >= 0.3 is 12.2 Å². The molecule has 1 unspecified atom stereocenters. The molecule has 1 aliphatic heterocycles. The SMILES string of the molecule is Cc1ccc(CNC(=O)N2CCC(C(F)(F)F)C3(CCC3)C2)c(=O)n1C. The van der Waals surface area contributed by atoms with Gasteiger partial charge in [-0.05, 0) is 37.7 Å². The van der Waals surface area contributed by atoms with Crippen LogP contribution < -0.4 is 10.9 Å². The number of aromatic nitrogens is 1. The predicted octanol–water partition coefficient (Wildman–Crippen LogP) is 2.96. The Morgan fingerprint density at radius 3 is 2.62 bits per heavy atom. The Hall–Kier alpha value is -1.99. The first-order valence-electron chi connectivity index (χ1n) is 8.89. The lowest BCUT2D eigenvalue weighted by molar-refractivity contribution is -0.235. The van der Waals surface area contributed by atoms with Gasteiger partial charge in [-0.15, -0.1) is 0 Å². The number of nitrogens with one attached hydrogen (secondary N) is 1. The summed E-state index contributed by atoms with van der Waals surface area (Å²) in [5.74, 6) is -1.32. The molecule has 8 heteroatoms. The number of hydrogen-bond acceptors (Lipinski definition) is 2. The van der Waals surface area contributed by atoms with Gasteiger partial charge in [0.1, 0.15) is 0 Å². The lowest BCUT2D eigenvalue weighted by atomic mass is 9.58. The molecule has 1 aromatic rings. The van der Waals surface area contributed by atoms with Gasteiger partial charge in [0.25, 0.3) is 5.56 Å². The molecule has 1 saturated heterocycles. The summed E-state index contributed by atoms with van der Waals surface area (Å²) in [5.41, 5.74) is 0.256. The van der Waals surface area contributed by atoms with Crippen LogP contribution in [0.4, 0.5) is 18.0 Å². The molecular formula is C18H24F3N3O2. The molecule has 1 spiro atoms. The van der Waals surface area contributed by atoms with E-state index in [0.717, 1.165) is 12.1 Å². The molecule has 1 saturated carbocycles. The zero-order valence-corrected chi connectivity index (χ0v) is 15.0. The molecule has 1 aromatic heterocycles. The summed E-state index contributed by atoms with van der Waals surface area (Å²) in [4.78, 5) is 26.1. The Balaban J connectivity index is 1.65. The van der Waals surface area contributed by atoms with Crippen LogP contribution in [-0.2, 0) is 13.6 Å². The fourth-order valence-electron chi connectivity index (χ4n) is 4.18. The highest BCUT2D eigenvalue weighted by molar-refractivity contribution is 5.74. The van der Waals surface area contributed by atoms with Crippen LogP contribution in [0, 0.1) is 18.3 Å². The molecule has 26 heavy (non-hydrogen) atoms. The highest BCUT2D eigenvalue weighted by atomic mass is 19.4. The fraction of sp³-hybridized carbons (Fsp3) is 0.667. The van der Waals surface area contributed by atoms with E-state index in [2.05, 4.69) is 5.32 Å². The van der Waals surface area contributed by atoms with Gasteiger partial charge in [0.15, 0.2) is 0 Å². The van der Waals surface area contributed by atoms with Crippen molar-refractivity contribution < 1.29 is 18.0 Å². The minimum Gasteiger partial charge on any atom is -0.334 e. The fourth-order valence-corrected chi connectivity index (χ4v) is 4.18. The third-order valence-electron chi connectivity index (χ3n) is 6.03. The number of likely N-dealkylation sites (tertiary alicyclic amines) is 1. The number of pyridine rings is 1. The summed E-state index contributed by atoms with van der Waals surface area (Å²) >= 11 is 0. The second-order valence-corrected chi connectivity index (χ2v) is 7.54. The van der Waals surface area contributed by atoms with Crippen molar-refractivity contribution in [2.24, 2.45) is 18.4 Å². The lowest BCUT2D eigenvalue weighted by Gasteiger charge is -2.54. The molecule has 3 rings (SSSR count). The van der Waals surface area contributed by atoms with Crippen molar-refractivity contribution in [2.45, 2.75) is 45.3 Å². The molecule has 1 atom stereocenters. The average molecular weight is 371 g/mol. The minimum atomic E-state index is -4.21. The third kappa shape index (κ3) is 3.33. The van der Waals surface area contributed by atoms with Gasteiger partial charge in [0.2, 0.25) is 0 Å². The number of halogens is 3. The number of aryl methyl sites for hydroxylation is 1. The predicted molar refractivity (Wildman–Crippen MR) is 90.7 cm³/mol. The number of carbonyl (C=O) groups excluding carboxylic acids is 1. The number of alkyl halides is 3. The molecule has 1 aliphatic carbocycles. The number of hydrogen-bond donors (Lipinski definition) is 1. The van der Waals surface area contributed by atoms with Crippen molar-refractivity contribution in [2.75, 3.05) is 13.1 Å². The van der Waals surface area contributed by atoms with Gasteiger partial charge in [-0.3, -0.25) is 4.79 Å². The molecule has 1 N–H and O–H groups in total. The summed E-state index contributed by atoms with van der Waals surface area (Å²) in [6, 6.07) is 3.06. The standard InChI is InChI=1S/C18H24F3N3O2/c1-12-4-5-13(15(25)23(12)2)10-22-16(26)24-9-6-14(18(19,20)21)17(11-24)7-3-8-17/h4-5,14H,3,6-11H2,1-2H3,(H,22,26). The number of amides is 2. The number of rotatable bonds is 2. The maximum absolute atomic E-state index is 13.3. The van der Waals surface area contributed by atoms with E-state index in [0.29, 0.717) is 18.4 Å². The van der Waals surface area contributed by atoms with E-state index >= 15 is 0 Å². The molecule has 2 amide bonds. The molecular weight excluding hydrogens is 347 g/mol. The zero-order valence-electron chi connectivity index (χ0n) is 15.0. The van der Waals surface area contributed by atoms with E-state index in [9.17, 15) is 22.8 Å². The maximum atomic E-state index is 13.3. The lowest BCUT2D eigenvalue weighted by Crippen LogP contribution is -2.59. The van der Waals surface area contributed by atoms with Gasteiger partial charge in [-0.2, -0.15) is 13.2 Å². The van der Waals surface area contributed by atoms with Crippen molar-refractivity contribution in [1.82, 2.24) is 14.8 Å². The number of carbonyl (C=O) groups is 1. The van der Waals surface area contributed by atoms with Gasteiger partial charge in [0.05, 0.1) is 5.92 Å². The average Bonchev–Trinajstić information content (AvgIpc) is 2.56. The molecule has 2 fully saturated rings. The number of piperidine rings is 1. The highest BCUT2D eigenvalue weighted by Crippen LogP contribution is 2.56. The van der Waals surface area contributed by atoms with Gasteiger partial charge in [0, 0.05) is 37.9 Å². The van der Waals surface area contributed by atoms with Crippen molar-refractivity contribution in [3.05, 3.63) is 33.7 Å². The maximum Gasteiger partial charge on any atom is 0.392 e. The van der Waals surface area contributed by atoms with Crippen LogP contribution in [-0.4, -0.2) is 34.8 Å². The van der Waals surface area contributed by atoms with Crippen LogP contribution in [0.2, 0.25) is 0 Å². The smallest absolute Gasteiger partial charge is 0.334 e. The normalized spacial score (nSPS) is 22.2. The van der Waals surface area contributed by atoms with E-state index < -0.39 is 23.5 Å². The monoisotopic (exact) mass is 371 g/mol. The third-order valence-corrected chi connectivity index (χ3v) is 6.03. The number of nitrogens with zero attached hydrogens (tertiary/aromatic N) is 2. The van der Waals surface area contributed by atoms with Crippen molar-refractivity contribution >= 4 is 6.03 Å². The second-order valence-electron chi connectivity index (χ2n) is 7.54. The quantitative estimate of drug-likeness (QED) is 0.869. The molecule has 0 bridgehead atoms. The van der Waals surface area contributed by atoms with Crippen LogP contribution in [0.5, 0.6) is 0 Å². The first-order valence-corrected chi connectivity index (χ1v) is 8.89. The van der Waals surface area contributed by atoms with Gasteiger partial charge in [-0.25, -0.2) is 4.79 Å². The molecule has 2 aliphatic rings.